The van der Waals surface area contributed by atoms with Gasteiger partial charge >= 0.3 is 0 Å². The van der Waals surface area contributed by atoms with Gasteiger partial charge in [0.1, 0.15) is 10.0 Å². The molecule has 0 unspecified atom stereocenters. The third-order valence-electron chi connectivity index (χ3n) is 5.13. The van der Waals surface area contributed by atoms with E-state index in [2.05, 4.69) is 34.2 Å². The average molecular weight is 447 g/mol. The van der Waals surface area contributed by atoms with E-state index in [0.29, 0.717) is 34.9 Å². The first-order valence-corrected chi connectivity index (χ1v) is 12.3. The standard InChI is InChI=1S/C20H26N6O2S2/c1-14(2)16-13-18(25(3)24-16)23-20-21-10-9-15(22-20)17-7-8-19(29-17)30(27,28)26-11-5-4-6-12-26/h7-10,13-14H,4-6,11-12H2,1-3H3,(H,21,22,23). The molecule has 0 amide bonds. The molecule has 0 saturated carbocycles. The van der Waals surface area contributed by atoms with Gasteiger partial charge in [0.2, 0.25) is 5.95 Å². The molecule has 0 spiro atoms. The molecule has 10 heteroatoms. The number of thiophene rings is 1. The smallest absolute Gasteiger partial charge is 0.252 e. The Kier molecular flexibility index (Phi) is 5.90. The van der Waals surface area contributed by atoms with Crippen LogP contribution >= 0.6 is 11.3 Å². The van der Waals surface area contributed by atoms with E-state index in [9.17, 15) is 8.42 Å². The van der Waals surface area contributed by atoms with Crippen molar-refractivity contribution in [3.63, 3.8) is 0 Å². The summed E-state index contributed by atoms with van der Waals surface area (Å²) in [6, 6.07) is 7.26. The van der Waals surface area contributed by atoms with Crippen molar-refractivity contribution in [1.29, 1.82) is 0 Å². The summed E-state index contributed by atoms with van der Waals surface area (Å²) in [5.74, 6) is 1.57. The second-order valence-electron chi connectivity index (χ2n) is 7.71. The zero-order valence-corrected chi connectivity index (χ0v) is 19.0. The Morgan fingerprint density at radius 2 is 1.90 bits per heavy atom. The van der Waals surface area contributed by atoms with Crippen molar-refractivity contribution in [2.24, 2.45) is 7.05 Å². The van der Waals surface area contributed by atoms with Gasteiger partial charge in [-0.25, -0.2) is 18.4 Å². The zero-order valence-electron chi connectivity index (χ0n) is 17.4. The number of aryl methyl sites for hydroxylation is 1. The minimum atomic E-state index is -3.44. The van der Waals surface area contributed by atoms with Gasteiger partial charge in [-0.3, -0.25) is 4.68 Å². The molecule has 160 valence electrons. The lowest BCUT2D eigenvalue weighted by Crippen LogP contribution is -2.35. The molecule has 1 fully saturated rings. The highest BCUT2D eigenvalue weighted by Crippen LogP contribution is 2.32. The lowest BCUT2D eigenvalue weighted by molar-refractivity contribution is 0.347. The molecule has 4 rings (SSSR count). The maximum atomic E-state index is 12.9. The van der Waals surface area contributed by atoms with Crippen LogP contribution in [0.2, 0.25) is 0 Å². The lowest BCUT2D eigenvalue weighted by atomic mass is 10.1. The van der Waals surface area contributed by atoms with E-state index >= 15 is 0 Å². The number of rotatable bonds is 6. The van der Waals surface area contributed by atoms with Crippen LogP contribution in [0.4, 0.5) is 11.8 Å². The number of hydrogen-bond acceptors (Lipinski definition) is 7. The molecule has 3 aromatic rings. The van der Waals surface area contributed by atoms with E-state index in [1.807, 2.05) is 19.2 Å². The largest absolute Gasteiger partial charge is 0.309 e. The molecule has 1 aliphatic rings. The molecule has 0 bridgehead atoms. The van der Waals surface area contributed by atoms with Gasteiger partial charge in [-0.1, -0.05) is 20.3 Å². The van der Waals surface area contributed by atoms with E-state index in [-0.39, 0.29) is 0 Å². The van der Waals surface area contributed by atoms with E-state index in [1.54, 1.807) is 27.3 Å². The van der Waals surface area contributed by atoms with Crippen molar-refractivity contribution in [3.8, 4) is 10.6 Å². The maximum Gasteiger partial charge on any atom is 0.252 e. The zero-order chi connectivity index (χ0) is 21.3. The second kappa shape index (κ2) is 8.44. The fourth-order valence-electron chi connectivity index (χ4n) is 3.39. The number of sulfonamides is 1. The summed E-state index contributed by atoms with van der Waals surface area (Å²) in [5, 5.41) is 7.69. The molecule has 8 nitrogen and oxygen atoms in total. The SMILES string of the molecule is CC(C)c1cc(Nc2nccc(-c3ccc(S(=O)(=O)N4CCCCC4)s3)n2)n(C)n1. The predicted octanol–water partition coefficient (Wildman–Crippen LogP) is 3.98. The molecule has 1 N–H and O–H groups in total. The Morgan fingerprint density at radius 1 is 1.13 bits per heavy atom. The van der Waals surface area contributed by atoms with Crippen LogP contribution in [-0.2, 0) is 17.1 Å². The average Bonchev–Trinajstić information content (AvgIpc) is 3.37. The summed E-state index contributed by atoms with van der Waals surface area (Å²) in [6.45, 7) is 5.38. The first-order chi connectivity index (χ1) is 14.3. The number of nitrogens with one attached hydrogen (secondary N) is 1. The molecule has 4 heterocycles. The molecule has 3 aromatic heterocycles. The molecule has 0 radical (unpaired) electrons. The maximum absolute atomic E-state index is 12.9. The highest BCUT2D eigenvalue weighted by Gasteiger charge is 2.27. The van der Waals surface area contributed by atoms with Gasteiger partial charge in [0.25, 0.3) is 10.0 Å². The minimum absolute atomic E-state index is 0.324. The minimum Gasteiger partial charge on any atom is -0.309 e. The van der Waals surface area contributed by atoms with Crippen LogP contribution in [0.3, 0.4) is 0 Å². The summed E-state index contributed by atoms with van der Waals surface area (Å²) in [7, 11) is -1.57. The van der Waals surface area contributed by atoms with Crippen LogP contribution in [0.25, 0.3) is 10.6 Å². The highest BCUT2D eigenvalue weighted by atomic mass is 32.2. The molecular formula is C20H26N6O2S2. The van der Waals surface area contributed by atoms with Gasteiger partial charge in [-0.2, -0.15) is 9.40 Å². The van der Waals surface area contributed by atoms with Crippen molar-refractivity contribution in [2.45, 2.75) is 43.2 Å². The summed E-state index contributed by atoms with van der Waals surface area (Å²) < 4.78 is 29.5. The van der Waals surface area contributed by atoms with Crippen LogP contribution in [0, 0.1) is 0 Å². The van der Waals surface area contributed by atoms with Crippen molar-refractivity contribution in [2.75, 3.05) is 18.4 Å². The fraction of sp³-hybridized carbons (Fsp3) is 0.450. The number of nitrogens with zero attached hydrogens (tertiary/aromatic N) is 5. The molecular weight excluding hydrogens is 420 g/mol. The van der Waals surface area contributed by atoms with Crippen molar-refractivity contribution in [1.82, 2.24) is 24.1 Å². The summed E-state index contributed by atoms with van der Waals surface area (Å²) in [4.78, 5) is 9.67. The van der Waals surface area contributed by atoms with Gasteiger partial charge in [-0.15, -0.1) is 11.3 Å². The van der Waals surface area contributed by atoms with Gasteiger partial charge in [-0.05, 0) is 37.0 Å². The molecule has 0 aromatic carbocycles. The van der Waals surface area contributed by atoms with Gasteiger partial charge < -0.3 is 5.32 Å². The predicted molar refractivity (Wildman–Crippen MR) is 119 cm³/mol. The van der Waals surface area contributed by atoms with Gasteiger partial charge in [0.15, 0.2) is 0 Å². The lowest BCUT2D eigenvalue weighted by Gasteiger charge is -2.25. The van der Waals surface area contributed by atoms with E-state index in [1.165, 1.54) is 11.3 Å². The topological polar surface area (TPSA) is 93.0 Å². The monoisotopic (exact) mass is 446 g/mol. The normalized spacial score (nSPS) is 15.6. The number of piperidine rings is 1. The quantitative estimate of drug-likeness (QED) is 0.616. The molecule has 1 saturated heterocycles. The van der Waals surface area contributed by atoms with Crippen LogP contribution in [-0.4, -0.2) is 45.6 Å². The number of anilines is 2. The molecule has 0 aliphatic carbocycles. The van der Waals surface area contributed by atoms with E-state index < -0.39 is 10.0 Å². The summed E-state index contributed by atoms with van der Waals surface area (Å²) in [5.41, 5.74) is 1.67. The van der Waals surface area contributed by atoms with Crippen LogP contribution in [0.1, 0.15) is 44.7 Å². The van der Waals surface area contributed by atoms with E-state index in [0.717, 1.165) is 35.7 Å². The Labute approximate surface area is 181 Å². The number of hydrogen-bond donors (Lipinski definition) is 1. The van der Waals surface area contributed by atoms with Crippen LogP contribution in [0.15, 0.2) is 34.7 Å². The van der Waals surface area contributed by atoms with Crippen LogP contribution < -0.4 is 5.32 Å². The van der Waals surface area contributed by atoms with Gasteiger partial charge in [0, 0.05) is 32.4 Å². The third kappa shape index (κ3) is 4.26. The second-order valence-corrected chi connectivity index (χ2v) is 11.0. The Hall–Kier alpha value is -2.30. The summed E-state index contributed by atoms with van der Waals surface area (Å²) in [6.07, 6.45) is 4.60. The summed E-state index contributed by atoms with van der Waals surface area (Å²) >= 11 is 1.25. The van der Waals surface area contributed by atoms with E-state index in [4.69, 9.17) is 0 Å². The molecule has 30 heavy (non-hydrogen) atoms. The number of aromatic nitrogens is 4. The van der Waals surface area contributed by atoms with Crippen molar-refractivity contribution < 1.29 is 8.42 Å². The van der Waals surface area contributed by atoms with Crippen molar-refractivity contribution >= 4 is 33.1 Å². The Balaban J connectivity index is 1.56. The van der Waals surface area contributed by atoms with Crippen LogP contribution in [0.5, 0.6) is 0 Å². The third-order valence-corrected chi connectivity index (χ3v) is 8.60. The molecule has 0 atom stereocenters. The molecule has 1 aliphatic heterocycles. The first-order valence-electron chi connectivity index (χ1n) is 10.1. The highest BCUT2D eigenvalue weighted by molar-refractivity contribution is 7.91. The van der Waals surface area contributed by atoms with Gasteiger partial charge in [0.05, 0.1) is 16.3 Å². The Bertz CT molecular complexity index is 1130. The fourth-order valence-corrected chi connectivity index (χ4v) is 6.34. The Morgan fingerprint density at radius 3 is 2.60 bits per heavy atom. The van der Waals surface area contributed by atoms with Crippen molar-refractivity contribution in [3.05, 3.63) is 36.2 Å². The first kappa shape index (κ1) is 21.0.